The van der Waals surface area contributed by atoms with Gasteiger partial charge in [0, 0.05) is 23.4 Å². The average Bonchev–Trinajstić information content (AvgIpc) is 2.20. The first-order valence-electron chi connectivity index (χ1n) is 6.08. The number of halogens is 2. The molecular formula is C13H21BrClNOSi. The van der Waals surface area contributed by atoms with E-state index in [9.17, 15) is 0 Å². The van der Waals surface area contributed by atoms with E-state index >= 15 is 0 Å². The summed E-state index contributed by atoms with van der Waals surface area (Å²) in [7, 11) is -1.67. The van der Waals surface area contributed by atoms with Crippen LogP contribution in [0.5, 0.6) is 0 Å². The Kier molecular flexibility index (Phi) is 5.41. The van der Waals surface area contributed by atoms with Crippen LogP contribution < -0.4 is 0 Å². The van der Waals surface area contributed by atoms with Crippen molar-refractivity contribution in [2.75, 3.05) is 6.61 Å². The van der Waals surface area contributed by atoms with Crippen molar-refractivity contribution in [3.05, 3.63) is 27.5 Å². The van der Waals surface area contributed by atoms with Gasteiger partial charge in [0.1, 0.15) is 4.60 Å². The van der Waals surface area contributed by atoms with Gasteiger partial charge in [0.15, 0.2) is 8.32 Å². The second-order valence-corrected chi connectivity index (χ2v) is 11.9. The Hall–Kier alpha value is 0.0969. The summed E-state index contributed by atoms with van der Waals surface area (Å²) in [4.78, 5) is 4.19. The smallest absolute Gasteiger partial charge is 0.191 e. The van der Waals surface area contributed by atoms with Crippen LogP contribution in [0.15, 0.2) is 16.9 Å². The molecule has 0 aromatic carbocycles. The topological polar surface area (TPSA) is 22.1 Å². The molecule has 102 valence electrons. The summed E-state index contributed by atoms with van der Waals surface area (Å²) in [6.07, 6.45) is 2.49. The Morgan fingerprint density at radius 2 is 2.00 bits per heavy atom. The van der Waals surface area contributed by atoms with Crippen LogP contribution in [0.3, 0.4) is 0 Å². The Balaban J connectivity index is 2.63. The first-order chi connectivity index (χ1) is 8.15. The Labute approximate surface area is 124 Å². The van der Waals surface area contributed by atoms with Crippen LogP contribution >= 0.6 is 27.5 Å². The first kappa shape index (κ1) is 16.2. The molecule has 0 unspecified atom stereocenters. The lowest BCUT2D eigenvalue weighted by Gasteiger charge is -2.36. The minimum absolute atomic E-state index is 0.239. The SMILES string of the molecule is CC(C)(C)[Si](C)(C)OCCc1c(Cl)ccnc1Br. The fraction of sp³-hybridized carbons (Fsp3) is 0.615. The fourth-order valence-electron chi connectivity index (χ4n) is 1.29. The number of nitrogens with zero attached hydrogens (tertiary/aromatic N) is 1. The van der Waals surface area contributed by atoms with E-state index in [0.717, 1.165) is 21.6 Å². The van der Waals surface area contributed by atoms with Gasteiger partial charge in [0.25, 0.3) is 0 Å². The molecule has 1 aromatic heterocycles. The molecule has 5 heteroatoms. The molecule has 1 heterocycles. The van der Waals surface area contributed by atoms with Gasteiger partial charge in [-0.15, -0.1) is 0 Å². The van der Waals surface area contributed by atoms with Crippen molar-refractivity contribution in [1.29, 1.82) is 0 Å². The molecule has 18 heavy (non-hydrogen) atoms. The molecule has 0 spiro atoms. The minimum atomic E-state index is -1.67. The maximum Gasteiger partial charge on any atom is 0.191 e. The first-order valence-corrected chi connectivity index (χ1v) is 10.2. The molecule has 0 aliphatic heterocycles. The van der Waals surface area contributed by atoms with Gasteiger partial charge in [-0.2, -0.15) is 0 Å². The number of hydrogen-bond donors (Lipinski definition) is 0. The number of pyridine rings is 1. The molecule has 0 saturated heterocycles. The summed E-state index contributed by atoms with van der Waals surface area (Å²) >= 11 is 9.58. The summed E-state index contributed by atoms with van der Waals surface area (Å²) in [6.45, 7) is 11.9. The van der Waals surface area contributed by atoms with Gasteiger partial charge in [0.2, 0.25) is 0 Å². The van der Waals surface area contributed by atoms with Gasteiger partial charge >= 0.3 is 0 Å². The van der Waals surface area contributed by atoms with Crippen LogP contribution in [-0.4, -0.2) is 19.9 Å². The lowest BCUT2D eigenvalue weighted by molar-refractivity contribution is 0.291. The van der Waals surface area contributed by atoms with Crippen molar-refractivity contribution < 1.29 is 4.43 Å². The average molecular weight is 351 g/mol. The highest BCUT2D eigenvalue weighted by Gasteiger charge is 2.36. The predicted molar refractivity (Wildman–Crippen MR) is 83.8 cm³/mol. The third-order valence-electron chi connectivity index (χ3n) is 3.57. The maximum absolute atomic E-state index is 6.16. The predicted octanol–water partition coefficient (Wildman–Crippen LogP) is 5.06. The molecule has 0 radical (unpaired) electrons. The van der Waals surface area contributed by atoms with Crippen LogP contribution in [-0.2, 0) is 10.8 Å². The third-order valence-corrected chi connectivity index (χ3v) is 9.14. The van der Waals surface area contributed by atoms with Crippen molar-refractivity contribution >= 4 is 35.8 Å². The molecule has 0 atom stereocenters. The van der Waals surface area contributed by atoms with E-state index in [2.05, 4.69) is 54.8 Å². The van der Waals surface area contributed by atoms with E-state index in [1.54, 1.807) is 6.20 Å². The van der Waals surface area contributed by atoms with Crippen molar-refractivity contribution in [2.24, 2.45) is 0 Å². The molecule has 2 nitrogen and oxygen atoms in total. The van der Waals surface area contributed by atoms with Crippen molar-refractivity contribution in [1.82, 2.24) is 4.98 Å². The third kappa shape index (κ3) is 4.05. The molecule has 0 N–H and O–H groups in total. The highest BCUT2D eigenvalue weighted by molar-refractivity contribution is 9.10. The zero-order chi connectivity index (χ0) is 14.0. The molecule has 1 aromatic rings. The molecule has 0 aliphatic rings. The van der Waals surface area contributed by atoms with Gasteiger partial charge in [-0.3, -0.25) is 0 Å². The summed E-state index contributed by atoms with van der Waals surface area (Å²) in [5.41, 5.74) is 1.03. The van der Waals surface area contributed by atoms with Crippen LogP contribution in [0.1, 0.15) is 26.3 Å². The van der Waals surface area contributed by atoms with Crippen LogP contribution in [0.2, 0.25) is 23.2 Å². The summed E-state index contributed by atoms with van der Waals surface area (Å²) in [5, 5.41) is 0.985. The quantitative estimate of drug-likeness (QED) is 0.559. The van der Waals surface area contributed by atoms with Gasteiger partial charge in [-0.1, -0.05) is 32.4 Å². The highest BCUT2D eigenvalue weighted by Crippen LogP contribution is 2.36. The molecule has 0 amide bonds. The minimum Gasteiger partial charge on any atom is -0.416 e. The zero-order valence-corrected chi connectivity index (χ0v) is 15.0. The van der Waals surface area contributed by atoms with Crippen molar-refractivity contribution in [2.45, 2.75) is 45.3 Å². The Morgan fingerprint density at radius 1 is 1.39 bits per heavy atom. The Morgan fingerprint density at radius 3 is 2.50 bits per heavy atom. The van der Waals surface area contributed by atoms with Crippen LogP contribution in [0, 0.1) is 0 Å². The monoisotopic (exact) mass is 349 g/mol. The van der Waals surface area contributed by atoms with E-state index in [4.69, 9.17) is 16.0 Å². The Bertz CT molecular complexity index is 398. The van der Waals surface area contributed by atoms with Crippen molar-refractivity contribution in [3.63, 3.8) is 0 Å². The second kappa shape index (κ2) is 6.03. The molecular weight excluding hydrogens is 330 g/mol. The van der Waals surface area contributed by atoms with Gasteiger partial charge < -0.3 is 4.43 Å². The number of aromatic nitrogens is 1. The van der Waals surface area contributed by atoms with Crippen LogP contribution in [0.4, 0.5) is 0 Å². The van der Waals surface area contributed by atoms with E-state index in [1.165, 1.54) is 0 Å². The van der Waals surface area contributed by atoms with Crippen molar-refractivity contribution in [3.8, 4) is 0 Å². The fourth-order valence-corrected chi connectivity index (χ4v) is 3.22. The number of rotatable bonds is 4. The molecule has 0 bridgehead atoms. The normalized spacial score (nSPS) is 12.8. The van der Waals surface area contributed by atoms with E-state index < -0.39 is 8.32 Å². The van der Waals surface area contributed by atoms with Gasteiger partial charge in [-0.25, -0.2) is 4.98 Å². The van der Waals surface area contributed by atoms with E-state index in [0.29, 0.717) is 6.61 Å². The highest BCUT2D eigenvalue weighted by atomic mass is 79.9. The van der Waals surface area contributed by atoms with Gasteiger partial charge in [-0.05, 0) is 46.5 Å². The van der Waals surface area contributed by atoms with E-state index in [-0.39, 0.29) is 5.04 Å². The second-order valence-electron chi connectivity index (χ2n) is 5.92. The summed E-state index contributed by atoms with van der Waals surface area (Å²) in [6, 6.07) is 1.81. The largest absolute Gasteiger partial charge is 0.416 e. The maximum atomic E-state index is 6.16. The molecule has 1 rings (SSSR count). The number of hydrogen-bond acceptors (Lipinski definition) is 2. The van der Waals surface area contributed by atoms with E-state index in [1.807, 2.05) is 6.07 Å². The summed E-state index contributed by atoms with van der Waals surface area (Å²) < 4.78 is 6.95. The summed E-state index contributed by atoms with van der Waals surface area (Å²) in [5.74, 6) is 0. The van der Waals surface area contributed by atoms with Gasteiger partial charge in [0.05, 0.1) is 0 Å². The zero-order valence-electron chi connectivity index (χ0n) is 11.7. The molecule has 0 fully saturated rings. The lowest BCUT2D eigenvalue weighted by atomic mass is 10.2. The lowest BCUT2D eigenvalue weighted by Crippen LogP contribution is -2.41. The molecule has 0 aliphatic carbocycles. The molecule has 0 saturated carbocycles. The van der Waals surface area contributed by atoms with Crippen LogP contribution in [0.25, 0.3) is 0 Å². The standard InChI is InChI=1S/C13H21BrClNOSi/c1-13(2,3)18(4,5)17-9-7-10-11(15)6-8-16-12(10)14/h6,8H,7,9H2,1-5H3.